The van der Waals surface area contributed by atoms with E-state index < -0.39 is 5.97 Å². The van der Waals surface area contributed by atoms with Gasteiger partial charge in [0.05, 0.1) is 22.2 Å². The second kappa shape index (κ2) is 13.2. The van der Waals surface area contributed by atoms with Crippen LogP contribution in [0.15, 0.2) is 60.1 Å². The number of unbranched alkanes of at least 4 members (excludes halogenated alkanes) is 2. The lowest BCUT2D eigenvalue weighted by Crippen LogP contribution is -1.99. The van der Waals surface area contributed by atoms with E-state index in [1.165, 1.54) is 0 Å². The van der Waals surface area contributed by atoms with Gasteiger partial charge in [-0.2, -0.15) is 0 Å². The summed E-state index contributed by atoms with van der Waals surface area (Å²) >= 11 is 12.8. The summed E-state index contributed by atoms with van der Waals surface area (Å²) in [6.45, 7) is 6.97. The molecule has 1 heterocycles. The van der Waals surface area contributed by atoms with Crippen LogP contribution >= 0.6 is 23.2 Å². The first-order chi connectivity index (χ1) is 17.0. The van der Waals surface area contributed by atoms with Crippen LogP contribution in [0.4, 0.5) is 0 Å². The van der Waals surface area contributed by atoms with Gasteiger partial charge >= 0.3 is 5.97 Å². The molecule has 7 heteroatoms. The van der Waals surface area contributed by atoms with Crippen LogP contribution in [0.25, 0.3) is 11.3 Å². The fraction of sp³-hybridized carbons (Fsp3) is 0.286. The van der Waals surface area contributed by atoms with Crippen LogP contribution < -0.4 is 0 Å². The summed E-state index contributed by atoms with van der Waals surface area (Å²) in [5.74, 6) is 6.42. The predicted molar refractivity (Wildman–Crippen MR) is 139 cm³/mol. The largest absolute Gasteiger partial charge is 0.478 e. The molecule has 1 aliphatic rings. The summed E-state index contributed by atoms with van der Waals surface area (Å²) in [6, 6.07) is 12.0. The van der Waals surface area contributed by atoms with Crippen LogP contribution in [0, 0.1) is 11.8 Å². The molecule has 1 aromatic heterocycles. The van der Waals surface area contributed by atoms with Gasteiger partial charge in [-0.3, -0.25) is 0 Å². The number of halogens is 2. The van der Waals surface area contributed by atoms with Gasteiger partial charge in [0.25, 0.3) is 0 Å². The number of ether oxygens (including phenoxy) is 1. The molecule has 0 spiro atoms. The van der Waals surface area contributed by atoms with Crippen molar-refractivity contribution in [2.24, 2.45) is 0 Å². The summed E-state index contributed by atoms with van der Waals surface area (Å²) in [7, 11) is 0. The van der Waals surface area contributed by atoms with Crippen molar-refractivity contribution in [1.82, 2.24) is 5.16 Å². The smallest absolute Gasteiger partial charge is 0.335 e. The molecule has 0 bridgehead atoms. The summed E-state index contributed by atoms with van der Waals surface area (Å²) in [6.07, 6.45) is 4.63. The monoisotopic (exact) mass is 511 g/mol. The van der Waals surface area contributed by atoms with Crippen molar-refractivity contribution in [1.29, 1.82) is 0 Å². The number of carboxylic acids is 1. The van der Waals surface area contributed by atoms with Gasteiger partial charge in [-0.25, -0.2) is 4.79 Å². The lowest BCUT2D eigenvalue weighted by atomic mass is 10.0. The van der Waals surface area contributed by atoms with Gasteiger partial charge in [0, 0.05) is 35.6 Å². The van der Waals surface area contributed by atoms with Crippen LogP contribution in [0.5, 0.6) is 0 Å². The number of carboxylic acid groups (broad SMARTS) is 1. The van der Waals surface area contributed by atoms with Crippen molar-refractivity contribution >= 4 is 29.2 Å². The van der Waals surface area contributed by atoms with E-state index in [4.69, 9.17) is 37.6 Å². The van der Waals surface area contributed by atoms with Gasteiger partial charge in [-0.15, -0.1) is 13.2 Å². The Labute approximate surface area is 215 Å². The molecule has 0 aliphatic heterocycles. The molecule has 182 valence electrons. The van der Waals surface area contributed by atoms with Gasteiger partial charge in [0.1, 0.15) is 11.5 Å². The number of nitrogens with zero attached hydrogens (tertiary/aromatic N) is 1. The van der Waals surface area contributed by atoms with Gasteiger partial charge < -0.3 is 14.4 Å². The molecule has 2 aromatic carbocycles. The molecule has 3 aromatic rings. The second-order valence-electron chi connectivity index (χ2n) is 7.94. The Morgan fingerprint density at radius 1 is 1.14 bits per heavy atom. The summed E-state index contributed by atoms with van der Waals surface area (Å²) in [4.78, 5) is 11.0. The molecule has 1 N–H and O–H groups in total. The van der Waals surface area contributed by atoms with Crippen LogP contribution in [0.1, 0.15) is 65.3 Å². The van der Waals surface area contributed by atoms with Crippen LogP contribution in [0.3, 0.4) is 0 Å². The number of benzene rings is 2. The minimum Gasteiger partial charge on any atom is -0.478 e. The van der Waals surface area contributed by atoms with Crippen molar-refractivity contribution in [3.63, 3.8) is 0 Å². The van der Waals surface area contributed by atoms with E-state index >= 15 is 0 Å². The zero-order chi connectivity index (χ0) is 25.2. The number of aromatic nitrogens is 1. The third-order valence-corrected chi connectivity index (χ3v) is 6.03. The van der Waals surface area contributed by atoms with Gasteiger partial charge in [-0.05, 0) is 56.0 Å². The highest BCUT2D eigenvalue weighted by Crippen LogP contribution is 2.46. The maximum Gasteiger partial charge on any atom is 0.335 e. The normalized spacial score (nSPS) is 12.3. The Balaban J connectivity index is 0.00000167. The first kappa shape index (κ1) is 26.6. The first-order valence-electron chi connectivity index (χ1n) is 11.4. The third kappa shape index (κ3) is 7.22. The van der Waals surface area contributed by atoms with Crippen molar-refractivity contribution in [2.75, 3.05) is 6.61 Å². The molecule has 1 fully saturated rings. The van der Waals surface area contributed by atoms with E-state index in [-0.39, 0.29) is 5.56 Å². The fourth-order valence-electron chi connectivity index (χ4n) is 3.53. The highest BCUT2D eigenvalue weighted by Gasteiger charge is 2.33. The Bertz CT molecular complexity index is 1200. The Morgan fingerprint density at radius 3 is 2.54 bits per heavy atom. The number of hydrogen-bond acceptors (Lipinski definition) is 4. The van der Waals surface area contributed by atoms with E-state index in [2.05, 4.69) is 30.2 Å². The Morgan fingerprint density at radius 2 is 1.86 bits per heavy atom. The minimum absolute atomic E-state index is 0.243. The third-order valence-electron chi connectivity index (χ3n) is 5.40. The minimum atomic E-state index is -0.951. The molecule has 0 unspecified atom stereocenters. The van der Waals surface area contributed by atoms with E-state index in [0.717, 1.165) is 37.0 Å². The van der Waals surface area contributed by atoms with Crippen molar-refractivity contribution in [2.45, 2.75) is 44.6 Å². The van der Waals surface area contributed by atoms with E-state index in [1.54, 1.807) is 36.4 Å². The molecule has 1 aliphatic carbocycles. The maximum absolute atomic E-state index is 11.0. The van der Waals surface area contributed by atoms with E-state index in [1.807, 2.05) is 6.07 Å². The van der Waals surface area contributed by atoms with Crippen molar-refractivity contribution in [3.8, 4) is 23.1 Å². The molecule has 4 rings (SSSR count). The zero-order valence-electron chi connectivity index (χ0n) is 19.4. The average Bonchev–Trinajstić information content (AvgIpc) is 3.63. The topological polar surface area (TPSA) is 72.6 Å². The van der Waals surface area contributed by atoms with Gasteiger partial charge in [0.2, 0.25) is 0 Å². The zero-order valence-corrected chi connectivity index (χ0v) is 20.9. The van der Waals surface area contributed by atoms with Crippen LogP contribution in [-0.2, 0) is 11.3 Å². The Kier molecular flexibility index (Phi) is 9.98. The van der Waals surface area contributed by atoms with Crippen LogP contribution in [0.2, 0.25) is 10.0 Å². The summed E-state index contributed by atoms with van der Waals surface area (Å²) in [5.41, 5.74) is 3.20. The number of aromatic carboxylic acids is 1. The number of carbonyl (C=O) groups is 1. The average molecular weight is 512 g/mol. The lowest BCUT2D eigenvalue weighted by Gasteiger charge is -2.08. The van der Waals surface area contributed by atoms with Crippen molar-refractivity contribution < 1.29 is 19.2 Å². The second-order valence-corrected chi connectivity index (χ2v) is 8.76. The number of rotatable bonds is 9. The molecule has 0 amide bonds. The van der Waals surface area contributed by atoms with E-state index in [0.29, 0.717) is 52.4 Å². The fourth-order valence-corrected chi connectivity index (χ4v) is 4.11. The van der Waals surface area contributed by atoms with Crippen LogP contribution in [-0.4, -0.2) is 22.8 Å². The highest BCUT2D eigenvalue weighted by molar-refractivity contribution is 6.39. The van der Waals surface area contributed by atoms with Crippen molar-refractivity contribution in [3.05, 3.63) is 88.1 Å². The molecule has 0 atom stereocenters. The number of hydrogen-bond donors (Lipinski definition) is 1. The molecular weight excluding hydrogens is 485 g/mol. The molecule has 0 saturated heterocycles. The Hall–Kier alpha value is -3.04. The molecule has 0 radical (unpaired) electrons. The van der Waals surface area contributed by atoms with Gasteiger partial charge in [0.15, 0.2) is 0 Å². The first-order valence-corrected chi connectivity index (χ1v) is 12.1. The molecule has 5 nitrogen and oxygen atoms in total. The summed E-state index contributed by atoms with van der Waals surface area (Å²) < 4.78 is 11.6. The highest BCUT2D eigenvalue weighted by atomic mass is 35.5. The van der Waals surface area contributed by atoms with Gasteiger partial charge in [-0.1, -0.05) is 52.3 Å². The summed E-state index contributed by atoms with van der Waals surface area (Å²) in [5, 5.41) is 14.4. The maximum atomic E-state index is 11.0. The molecule has 35 heavy (non-hydrogen) atoms. The molecule has 1 saturated carbocycles. The SMILES string of the molecule is C=C.O=C(O)c1cccc(C#CCCCCOCc2c(-c3c(Cl)cccc3Cl)noc2C2CC2)c1. The standard InChI is InChI=1S/C26H23Cl2NO4.C2H4/c27-21-10-6-11-22(28)23(21)24-20(25(33-29-24)18-12-13-18)16-32-14-4-2-1-3-7-17-8-5-9-19(15-17)26(30)31;1-2/h5-6,8-11,15,18H,1-2,4,12-14,16H2,(H,30,31);1-2H2. The predicted octanol–water partition coefficient (Wildman–Crippen LogP) is 7.76. The van der Waals surface area contributed by atoms with E-state index in [9.17, 15) is 4.79 Å². The lowest BCUT2D eigenvalue weighted by molar-refractivity contribution is 0.0697. The quantitative estimate of drug-likeness (QED) is 0.180. The molecular formula is C28H27Cl2NO4.